The number of carboxylic acids is 1. The molecule has 9 atom stereocenters. The van der Waals surface area contributed by atoms with Crippen molar-refractivity contribution < 1.29 is 63.9 Å². The number of aromatic hydroxyl groups is 1. The number of fused-ring (bicyclic) bond motifs is 7. The molecule has 0 unspecified atom stereocenters. The second-order valence-electron chi connectivity index (χ2n) is 11.8. The molecule has 4 aliphatic rings. The standard InChI is InChI=1S/C32H34N2O13/c1-33-20-12-34-32(41)26(36)28(47-31(20,29(32)38)30(39)40)44-15-10-17(13-5-4-6-14(35)9-13)21-19(11-15)45-27(37)22-16-7-8-18(42-2)24(43-3)23(16)46-25(21)22/h4-11,20,22,25-29,33-38,41H,12H2,1-3H3,(H,39,40)/t20-,22+,25-,26-,27-,28+,29+,31-,32-/m0/s1. The third-order valence-electron chi connectivity index (χ3n) is 9.46. The molecule has 0 amide bonds. The molecule has 8 N–H and O–H groups in total. The van der Waals surface area contributed by atoms with Gasteiger partial charge in [-0.25, -0.2) is 4.79 Å². The van der Waals surface area contributed by atoms with E-state index in [0.29, 0.717) is 39.5 Å². The Morgan fingerprint density at radius 2 is 1.85 bits per heavy atom. The first-order chi connectivity index (χ1) is 22.5. The highest BCUT2D eigenvalue weighted by Crippen LogP contribution is 2.59. The lowest BCUT2D eigenvalue weighted by molar-refractivity contribution is -0.362. The Kier molecular flexibility index (Phi) is 7.40. The monoisotopic (exact) mass is 654 g/mol. The summed E-state index contributed by atoms with van der Waals surface area (Å²) in [5.41, 5.74) is -2.87. The molecule has 2 bridgehead atoms. The number of nitrogens with one attached hydrogen (secondary N) is 2. The number of likely N-dealkylation sites (N-methyl/N-ethyl adjacent to an activating group) is 1. The van der Waals surface area contributed by atoms with Crippen LogP contribution in [0.1, 0.15) is 23.1 Å². The zero-order valence-electron chi connectivity index (χ0n) is 25.4. The quantitative estimate of drug-likeness (QED) is 0.170. The van der Waals surface area contributed by atoms with Crippen molar-refractivity contribution in [3.8, 4) is 45.6 Å². The summed E-state index contributed by atoms with van der Waals surface area (Å²) in [6, 6.07) is 11.7. The van der Waals surface area contributed by atoms with Crippen molar-refractivity contribution in [1.29, 1.82) is 0 Å². The first-order valence-electron chi connectivity index (χ1n) is 14.8. The number of benzene rings is 3. The van der Waals surface area contributed by atoms with Crippen molar-refractivity contribution in [2.24, 2.45) is 0 Å². The van der Waals surface area contributed by atoms with Crippen molar-refractivity contribution in [1.82, 2.24) is 10.6 Å². The van der Waals surface area contributed by atoms with Gasteiger partial charge in [0.1, 0.15) is 29.5 Å². The first-order valence-corrected chi connectivity index (χ1v) is 14.8. The summed E-state index contributed by atoms with van der Waals surface area (Å²) in [6.07, 6.45) is -8.08. The van der Waals surface area contributed by atoms with Gasteiger partial charge in [-0.3, -0.25) is 5.32 Å². The second-order valence-corrected chi connectivity index (χ2v) is 11.8. The van der Waals surface area contributed by atoms with Crippen molar-refractivity contribution in [2.75, 3.05) is 27.8 Å². The Morgan fingerprint density at radius 3 is 2.53 bits per heavy atom. The van der Waals surface area contributed by atoms with E-state index in [-0.39, 0.29) is 23.8 Å². The van der Waals surface area contributed by atoms with Gasteiger partial charge in [-0.2, -0.15) is 0 Å². The fourth-order valence-electron chi connectivity index (χ4n) is 7.14. The Morgan fingerprint density at radius 1 is 1.06 bits per heavy atom. The molecule has 0 radical (unpaired) electrons. The molecule has 4 heterocycles. The molecule has 0 spiro atoms. The van der Waals surface area contributed by atoms with E-state index in [1.807, 2.05) is 0 Å². The van der Waals surface area contributed by atoms with Crippen LogP contribution in [0.5, 0.6) is 34.5 Å². The molecule has 15 heteroatoms. The summed E-state index contributed by atoms with van der Waals surface area (Å²) in [6.45, 7) is -0.159. The lowest BCUT2D eigenvalue weighted by Crippen LogP contribution is -2.87. The van der Waals surface area contributed by atoms with E-state index in [1.165, 1.54) is 39.5 Å². The third kappa shape index (κ3) is 4.42. The van der Waals surface area contributed by atoms with Gasteiger partial charge < -0.3 is 64.4 Å². The molecule has 15 nitrogen and oxygen atoms in total. The number of aliphatic hydroxyl groups is 4. The normalized spacial score (nSPS) is 33.4. The topological polar surface area (TPSA) is 218 Å². The molecule has 0 aromatic heterocycles. The van der Waals surface area contributed by atoms with Crippen LogP contribution in [0.4, 0.5) is 0 Å². The average molecular weight is 655 g/mol. The predicted molar refractivity (Wildman–Crippen MR) is 160 cm³/mol. The molecular formula is C32H34N2O13. The van der Waals surface area contributed by atoms with Crippen LogP contribution in [0.3, 0.4) is 0 Å². The van der Waals surface area contributed by atoms with Gasteiger partial charge in [0.2, 0.25) is 23.9 Å². The number of hydrogen-bond donors (Lipinski definition) is 8. The zero-order chi connectivity index (χ0) is 33.4. The van der Waals surface area contributed by atoms with Crippen LogP contribution in [-0.2, 0) is 9.53 Å². The van der Waals surface area contributed by atoms with Crippen LogP contribution in [0, 0.1) is 0 Å². The largest absolute Gasteiger partial charge is 0.508 e. The molecule has 0 aliphatic carbocycles. The van der Waals surface area contributed by atoms with E-state index in [2.05, 4.69) is 10.6 Å². The summed E-state index contributed by atoms with van der Waals surface area (Å²) in [7, 11) is 4.43. The summed E-state index contributed by atoms with van der Waals surface area (Å²) in [5.74, 6) is -1.10. The minimum Gasteiger partial charge on any atom is -0.508 e. The second kappa shape index (κ2) is 11.1. The van der Waals surface area contributed by atoms with Crippen LogP contribution in [-0.4, -0.2) is 107 Å². The number of carboxylic acid groups (broad SMARTS) is 1. The summed E-state index contributed by atoms with van der Waals surface area (Å²) >= 11 is 0. The molecule has 3 aromatic carbocycles. The predicted octanol–water partition coefficient (Wildman–Crippen LogP) is 0.165. The lowest BCUT2D eigenvalue weighted by Gasteiger charge is -2.58. The third-order valence-corrected chi connectivity index (χ3v) is 9.46. The highest BCUT2D eigenvalue weighted by Gasteiger charge is 2.71. The van der Waals surface area contributed by atoms with E-state index in [0.717, 1.165) is 0 Å². The molecule has 47 heavy (non-hydrogen) atoms. The fraction of sp³-hybridized carbons (Fsp3) is 0.406. The Labute approximate surface area is 267 Å². The molecule has 4 aliphatic heterocycles. The maximum Gasteiger partial charge on any atom is 0.340 e. The van der Waals surface area contributed by atoms with Gasteiger partial charge in [0.25, 0.3) is 0 Å². The van der Waals surface area contributed by atoms with Gasteiger partial charge in [-0.05, 0) is 42.4 Å². The lowest BCUT2D eigenvalue weighted by atomic mass is 9.74. The first kappa shape index (κ1) is 31.3. The van der Waals surface area contributed by atoms with Gasteiger partial charge >= 0.3 is 5.97 Å². The maximum atomic E-state index is 12.6. The van der Waals surface area contributed by atoms with Gasteiger partial charge in [0.15, 0.2) is 23.3 Å². The number of piperidine rings is 1. The van der Waals surface area contributed by atoms with Gasteiger partial charge in [0, 0.05) is 23.7 Å². The van der Waals surface area contributed by atoms with Crippen molar-refractivity contribution in [2.45, 2.75) is 54.2 Å². The SMILES string of the molecule is CN[C@H]1CN[C@]2(O)[C@@H](O)[C@H](Oc3cc4c(c(-c5cccc(O)c5)c3)[C@@H]3Oc5c(ccc(OC)c5OC)[C@H]3[C@@H](O)O4)O[C@]1(C(=O)O)[C@H]2O. The number of aliphatic carboxylic acids is 1. The minimum atomic E-state index is -2.51. The summed E-state index contributed by atoms with van der Waals surface area (Å²) < 4.78 is 35.4. The molecule has 0 saturated carbocycles. The van der Waals surface area contributed by atoms with E-state index in [1.54, 1.807) is 30.3 Å². The number of hydrogen-bond acceptors (Lipinski definition) is 14. The van der Waals surface area contributed by atoms with Crippen molar-refractivity contribution in [3.63, 3.8) is 0 Å². The molecule has 2 fully saturated rings. The highest BCUT2D eigenvalue weighted by atomic mass is 16.7. The maximum absolute atomic E-state index is 12.6. The van der Waals surface area contributed by atoms with E-state index >= 15 is 0 Å². The van der Waals surface area contributed by atoms with E-state index in [9.17, 15) is 35.4 Å². The number of phenols is 1. The van der Waals surface area contributed by atoms with Crippen LogP contribution in [0.2, 0.25) is 0 Å². The van der Waals surface area contributed by atoms with Crippen molar-refractivity contribution >= 4 is 5.97 Å². The number of rotatable bonds is 7. The fourth-order valence-corrected chi connectivity index (χ4v) is 7.14. The van der Waals surface area contributed by atoms with E-state index < -0.39 is 60.1 Å². The number of carbonyl (C=O) groups is 1. The smallest absolute Gasteiger partial charge is 0.340 e. The summed E-state index contributed by atoms with van der Waals surface area (Å²) in [4.78, 5) is 12.6. The van der Waals surface area contributed by atoms with Gasteiger partial charge in [-0.1, -0.05) is 18.2 Å². The van der Waals surface area contributed by atoms with Crippen LogP contribution in [0.15, 0.2) is 48.5 Å². The number of phenolic OH excluding ortho intramolecular Hbond substituents is 1. The number of ether oxygens (including phenoxy) is 6. The van der Waals surface area contributed by atoms with Gasteiger partial charge in [0.05, 0.1) is 26.2 Å². The zero-order valence-corrected chi connectivity index (χ0v) is 25.4. The average Bonchev–Trinajstić information content (AvgIpc) is 3.45. The number of aliphatic hydroxyl groups excluding tert-OH is 3. The minimum absolute atomic E-state index is 0.0221. The number of methoxy groups -OCH3 is 2. The highest BCUT2D eigenvalue weighted by molar-refractivity contribution is 5.81. The molecular weight excluding hydrogens is 620 g/mol. The van der Waals surface area contributed by atoms with Gasteiger partial charge in [-0.15, -0.1) is 0 Å². The molecule has 250 valence electrons. The molecule has 3 aromatic rings. The van der Waals surface area contributed by atoms with Crippen molar-refractivity contribution in [3.05, 3.63) is 59.7 Å². The van der Waals surface area contributed by atoms with Crippen LogP contribution in [0.25, 0.3) is 11.1 Å². The van der Waals surface area contributed by atoms with Crippen LogP contribution >= 0.6 is 0 Å². The van der Waals surface area contributed by atoms with Crippen LogP contribution < -0.4 is 34.3 Å². The Hall–Kier alpha value is -4.35. The van der Waals surface area contributed by atoms with E-state index in [4.69, 9.17) is 28.4 Å². The molecule has 2 saturated heterocycles. The Bertz CT molecular complexity index is 1740. The molecule has 7 rings (SSSR count). The summed E-state index contributed by atoms with van der Waals surface area (Å²) in [5, 5.41) is 70.7. The Balaban J connectivity index is 1.34.